The molecule has 1 fully saturated rings. The molecule has 112 valence electrons. The van der Waals surface area contributed by atoms with Gasteiger partial charge in [0.2, 0.25) is 5.91 Å². The molecule has 0 spiro atoms. The van der Waals surface area contributed by atoms with Crippen LogP contribution in [0.5, 0.6) is 0 Å². The molecule has 1 aromatic carbocycles. The largest absolute Gasteiger partial charge is 0.322 e. The number of likely N-dealkylation sites (N-methyl/N-ethyl adjacent to an activating group) is 1. The Bertz CT molecular complexity index is 471. The van der Waals surface area contributed by atoms with Gasteiger partial charge >= 0.3 is 0 Å². The van der Waals surface area contributed by atoms with E-state index in [0.717, 1.165) is 13.1 Å². The summed E-state index contributed by atoms with van der Waals surface area (Å²) in [6.45, 7) is 2.11. The molecule has 1 heterocycles. The molecule has 4 nitrogen and oxygen atoms in total. The second-order valence-corrected chi connectivity index (χ2v) is 5.77. The van der Waals surface area contributed by atoms with E-state index >= 15 is 0 Å². The Morgan fingerprint density at radius 1 is 1.35 bits per heavy atom. The first-order chi connectivity index (χ1) is 8.97. The highest BCUT2D eigenvalue weighted by atomic mass is 35.5. The zero-order chi connectivity index (χ0) is 14.0. The van der Waals surface area contributed by atoms with Crippen LogP contribution in [0.1, 0.15) is 0 Å². The summed E-state index contributed by atoms with van der Waals surface area (Å²) in [6.07, 6.45) is 0. The highest BCUT2D eigenvalue weighted by Gasteiger charge is 2.23. The zero-order valence-corrected chi connectivity index (χ0v) is 13.8. The van der Waals surface area contributed by atoms with Crippen molar-refractivity contribution in [3.63, 3.8) is 0 Å². The van der Waals surface area contributed by atoms with E-state index < -0.39 is 0 Å². The predicted octanol–water partition coefficient (Wildman–Crippen LogP) is 2.91. The normalized spacial score (nSPS) is 14.7. The molecular weight excluding hydrogens is 344 g/mol. The Labute approximate surface area is 139 Å². The van der Waals surface area contributed by atoms with Crippen LogP contribution in [-0.4, -0.2) is 43.5 Å². The Balaban J connectivity index is 0.00000200. The molecule has 1 aromatic rings. The van der Waals surface area contributed by atoms with Crippen LogP contribution in [0.2, 0.25) is 15.1 Å². The minimum atomic E-state index is -0.152. The van der Waals surface area contributed by atoms with Crippen LogP contribution >= 0.6 is 47.2 Å². The lowest BCUT2D eigenvalue weighted by Gasteiger charge is -2.35. The first-order valence-electron chi connectivity index (χ1n) is 5.82. The monoisotopic (exact) mass is 357 g/mol. The van der Waals surface area contributed by atoms with Crippen LogP contribution in [0.4, 0.5) is 5.69 Å². The van der Waals surface area contributed by atoms with Crippen molar-refractivity contribution >= 4 is 58.8 Å². The van der Waals surface area contributed by atoms with Gasteiger partial charge in [-0.25, -0.2) is 0 Å². The summed E-state index contributed by atoms with van der Waals surface area (Å²) in [4.78, 5) is 13.9. The smallest absolute Gasteiger partial charge is 0.238 e. The number of carbonyl (C=O) groups is 1. The number of hydrogen-bond acceptors (Lipinski definition) is 3. The van der Waals surface area contributed by atoms with E-state index in [0.29, 0.717) is 33.3 Å². The van der Waals surface area contributed by atoms with Crippen molar-refractivity contribution in [1.29, 1.82) is 0 Å². The Hall–Kier alpha value is -0.230. The molecule has 0 atom stereocenters. The lowest BCUT2D eigenvalue weighted by atomic mass is 10.1. The highest BCUT2D eigenvalue weighted by Crippen LogP contribution is 2.33. The number of carbonyl (C=O) groups excluding carboxylic acids is 1. The number of amides is 1. The second-order valence-electron chi connectivity index (χ2n) is 4.52. The van der Waals surface area contributed by atoms with E-state index in [9.17, 15) is 4.79 Å². The molecule has 0 aromatic heterocycles. The van der Waals surface area contributed by atoms with Gasteiger partial charge in [-0.1, -0.05) is 34.8 Å². The average molecular weight is 359 g/mol. The molecule has 1 aliphatic heterocycles. The van der Waals surface area contributed by atoms with Gasteiger partial charge in [0, 0.05) is 24.2 Å². The van der Waals surface area contributed by atoms with E-state index in [4.69, 9.17) is 34.8 Å². The SMILES string of the molecule is CN(CC(=O)Nc1c(Cl)cc(Cl)cc1Cl)C1CNC1.Cl. The third-order valence-corrected chi connectivity index (χ3v) is 3.86. The summed E-state index contributed by atoms with van der Waals surface area (Å²) < 4.78 is 0. The predicted molar refractivity (Wildman–Crippen MR) is 86.6 cm³/mol. The van der Waals surface area contributed by atoms with Crippen molar-refractivity contribution in [2.45, 2.75) is 6.04 Å². The fraction of sp³-hybridized carbons (Fsp3) is 0.417. The molecule has 0 radical (unpaired) electrons. The molecule has 20 heavy (non-hydrogen) atoms. The van der Waals surface area contributed by atoms with Crippen LogP contribution in [0.3, 0.4) is 0 Å². The molecule has 2 rings (SSSR count). The summed E-state index contributed by atoms with van der Waals surface area (Å²) in [5.41, 5.74) is 0.401. The van der Waals surface area contributed by atoms with E-state index in [1.807, 2.05) is 11.9 Å². The first kappa shape index (κ1) is 17.8. The molecule has 1 saturated heterocycles. The topological polar surface area (TPSA) is 44.4 Å². The molecule has 0 aliphatic carbocycles. The van der Waals surface area contributed by atoms with Gasteiger partial charge in [0.05, 0.1) is 22.3 Å². The van der Waals surface area contributed by atoms with Crippen LogP contribution in [0.15, 0.2) is 12.1 Å². The minimum absolute atomic E-state index is 0. The van der Waals surface area contributed by atoms with Gasteiger partial charge in [-0.3, -0.25) is 9.69 Å². The molecule has 8 heteroatoms. The Morgan fingerprint density at radius 2 is 1.90 bits per heavy atom. The summed E-state index contributed by atoms with van der Waals surface area (Å²) >= 11 is 17.8. The maximum atomic E-state index is 11.9. The Morgan fingerprint density at radius 3 is 2.35 bits per heavy atom. The highest BCUT2D eigenvalue weighted by molar-refractivity contribution is 6.42. The molecule has 0 bridgehead atoms. The second kappa shape index (κ2) is 7.69. The molecule has 0 saturated carbocycles. The molecule has 1 amide bonds. The van der Waals surface area contributed by atoms with Crippen molar-refractivity contribution in [3.05, 3.63) is 27.2 Å². The number of halogens is 4. The number of nitrogens with one attached hydrogen (secondary N) is 2. The molecule has 2 N–H and O–H groups in total. The van der Waals surface area contributed by atoms with Crippen molar-refractivity contribution in [2.24, 2.45) is 0 Å². The van der Waals surface area contributed by atoms with Gasteiger partial charge in [0.25, 0.3) is 0 Å². The number of benzene rings is 1. The van der Waals surface area contributed by atoms with Gasteiger partial charge in [0.1, 0.15) is 0 Å². The quantitative estimate of drug-likeness (QED) is 0.869. The van der Waals surface area contributed by atoms with E-state index in [2.05, 4.69) is 10.6 Å². The summed E-state index contributed by atoms with van der Waals surface area (Å²) in [5, 5.41) is 6.98. The van der Waals surface area contributed by atoms with Gasteiger partial charge in [-0.2, -0.15) is 0 Å². The average Bonchev–Trinajstić information content (AvgIpc) is 2.20. The van der Waals surface area contributed by atoms with Crippen LogP contribution in [0.25, 0.3) is 0 Å². The van der Waals surface area contributed by atoms with Gasteiger partial charge in [0.15, 0.2) is 0 Å². The fourth-order valence-electron chi connectivity index (χ4n) is 1.78. The van der Waals surface area contributed by atoms with Crippen molar-refractivity contribution in [2.75, 3.05) is 32.0 Å². The standard InChI is InChI=1S/C12H14Cl3N3O.ClH/c1-18(8-4-16-5-8)6-11(19)17-12-9(14)2-7(13)3-10(12)15;/h2-3,8,16H,4-6H2,1H3,(H,17,19);1H. The van der Waals surface area contributed by atoms with Crippen molar-refractivity contribution < 1.29 is 4.79 Å². The van der Waals surface area contributed by atoms with Crippen molar-refractivity contribution in [3.8, 4) is 0 Å². The number of anilines is 1. The third-order valence-electron chi connectivity index (χ3n) is 3.05. The summed E-state index contributed by atoms with van der Waals surface area (Å²) in [6, 6.07) is 3.50. The van der Waals surface area contributed by atoms with Gasteiger partial charge in [-0.15, -0.1) is 12.4 Å². The fourth-order valence-corrected chi connectivity index (χ4v) is 2.69. The van der Waals surface area contributed by atoms with Gasteiger partial charge in [-0.05, 0) is 19.2 Å². The van der Waals surface area contributed by atoms with E-state index in [1.54, 1.807) is 12.1 Å². The molecule has 0 unspecified atom stereocenters. The molecular formula is C12H15Cl4N3O. The van der Waals surface area contributed by atoms with Gasteiger partial charge < -0.3 is 10.6 Å². The van der Waals surface area contributed by atoms with Crippen LogP contribution in [0, 0.1) is 0 Å². The maximum Gasteiger partial charge on any atom is 0.238 e. The summed E-state index contributed by atoms with van der Waals surface area (Å²) in [7, 11) is 1.91. The first-order valence-corrected chi connectivity index (χ1v) is 6.96. The lowest BCUT2D eigenvalue weighted by molar-refractivity contribution is -0.117. The lowest BCUT2D eigenvalue weighted by Crippen LogP contribution is -2.57. The van der Waals surface area contributed by atoms with E-state index in [-0.39, 0.29) is 18.3 Å². The Kier molecular flexibility index (Phi) is 6.85. The number of hydrogen-bond donors (Lipinski definition) is 2. The third kappa shape index (κ3) is 4.38. The van der Waals surface area contributed by atoms with E-state index in [1.165, 1.54) is 0 Å². The molecule has 1 aliphatic rings. The number of rotatable bonds is 4. The maximum absolute atomic E-state index is 11.9. The minimum Gasteiger partial charge on any atom is -0.322 e. The number of nitrogens with zero attached hydrogens (tertiary/aromatic N) is 1. The van der Waals surface area contributed by atoms with Crippen LogP contribution in [-0.2, 0) is 4.79 Å². The summed E-state index contributed by atoms with van der Waals surface area (Å²) in [5.74, 6) is -0.152. The zero-order valence-electron chi connectivity index (χ0n) is 10.8. The van der Waals surface area contributed by atoms with Crippen LogP contribution < -0.4 is 10.6 Å². The van der Waals surface area contributed by atoms with Crippen molar-refractivity contribution in [1.82, 2.24) is 10.2 Å².